The Kier molecular flexibility index (Phi) is 9.84. The van der Waals surface area contributed by atoms with E-state index in [1.54, 1.807) is 20.8 Å². The quantitative estimate of drug-likeness (QED) is 0.462. The fourth-order valence-corrected chi connectivity index (χ4v) is 4.30. The molecule has 7 nitrogen and oxygen atoms in total. The first-order chi connectivity index (χ1) is 17.0. The van der Waals surface area contributed by atoms with Crippen LogP contribution in [0.1, 0.15) is 33.3 Å². The van der Waals surface area contributed by atoms with Crippen molar-refractivity contribution in [2.24, 2.45) is 0 Å². The summed E-state index contributed by atoms with van der Waals surface area (Å²) < 4.78 is 66.0. The number of amides is 3. The van der Waals surface area contributed by atoms with Crippen molar-refractivity contribution in [3.05, 3.63) is 58.9 Å². The molecule has 2 aromatic rings. The first kappa shape index (κ1) is 30.2. The third-order valence-electron chi connectivity index (χ3n) is 4.77. The molecule has 0 spiro atoms. The van der Waals surface area contributed by atoms with Crippen LogP contribution in [-0.2, 0) is 31.4 Å². The smallest absolute Gasteiger partial charge is 0.350 e. The average molecular weight is 564 g/mol. The highest BCUT2D eigenvalue weighted by Crippen LogP contribution is 2.37. The van der Waals surface area contributed by atoms with E-state index in [0.29, 0.717) is 6.07 Å². The van der Waals surface area contributed by atoms with Gasteiger partial charge in [-0.1, -0.05) is 11.6 Å². The Bertz CT molecular complexity index is 1180. The van der Waals surface area contributed by atoms with Gasteiger partial charge in [-0.3, -0.25) is 23.5 Å². The largest absolute Gasteiger partial charge is 0.417 e. The molecule has 2 aromatic carbocycles. The van der Waals surface area contributed by atoms with E-state index in [4.69, 9.17) is 11.6 Å². The van der Waals surface area contributed by atoms with Crippen molar-refractivity contribution >= 4 is 51.5 Å². The number of halogens is 5. The molecule has 0 bridgehead atoms. The van der Waals surface area contributed by atoms with Crippen molar-refractivity contribution in [3.8, 4) is 0 Å². The van der Waals surface area contributed by atoms with Gasteiger partial charge in [-0.05, 0) is 70.2 Å². The van der Waals surface area contributed by atoms with Crippen LogP contribution in [0.15, 0.2) is 42.5 Å². The van der Waals surface area contributed by atoms with E-state index in [-0.39, 0.29) is 11.4 Å². The highest BCUT2D eigenvalue weighted by atomic mass is 35.5. The minimum Gasteiger partial charge on any atom is -0.350 e. The van der Waals surface area contributed by atoms with Gasteiger partial charge in [0, 0.05) is 27.7 Å². The number of anilines is 2. The van der Waals surface area contributed by atoms with Crippen LogP contribution in [0, 0.1) is 5.82 Å². The molecule has 2 N–H and O–H groups in total. The van der Waals surface area contributed by atoms with Crippen LogP contribution >= 0.6 is 11.6 Å². The summed E-state index contributed by atoms with van der Waals surface area (Å²) in [7, 11) is -2.09. The van der Waals surface area contributed by atoms with Crippen LogP contribution in [0.3, 0.4) is 0 Å². The third kappa shape index (κ3) is 9.12. The molecule has 0 aliphatic rings. The molecule has 0 fully saturated rings. The molecule has 0 aliphatic carbocycles. The molecular weight excluding hydrogens is 538 g/mol. The van der Waals surface area contributed by atoms with Gasteiger partial charge in [0.05, 0.1) is 10.6 Å². The van der Waals surface area contributed by atoms with Crippen LogP contribution in [0.5, 0.6) is 0 Å². The molecule has 0 aliphatic heterocycles. The van der Waals surface area contributed by atoms with Gasteiger partial charge in [-0.2, -0.15) is 13.2 Å². The molecule has 0 saturated carbocycles. The molecular formula is C24H26ClF4N3O4S. The van der Waals surface area contributed by atoms with Crippen LogP contribution in [0.25, 0.3) is 0 Å². The lowest BCUT2D eigenvalue weighted by Crippen LogP contribution is -2.53. The van der Waals surface area contributed by atoms with Gasteiger partial charge >= 0.3 is 6.18 Å². The third-order valence-corrected chi connectivity index (χ3v) is 6.25. The maximum absolute atomic E-state index is 13.4. The Balaban J connectivity index is 2.29. The number of nitrogens with zero attached hydrogens (tertiary/aromatic N) is 1. The van der Waals surface area contributed by atoms with E-state index in [1.807, 2.05) is 0 Å². The highest BCUT2D eigenvalue weighted by Gasteiger charge is 2.36. The fraction of sp³-hybridized carbons (Fsp3) is 0.375. The average Bonchev–Trinajstić information content (AvgIpc) is 2.74. The predicted molar refractivity (Wildman–Crippen MR) is 134 cm³/mol. The molecule has 2 atom stereocenters. The maximum Gasteiger partial charge on any atom is 0.417 e. The molecule has 0 heterocycles. The summed E-state index contributed by atoms with van der Waals surface area (Å²) in [5.74, 6) is -4.23. The molecule has 0 unspecified atom stereocenters. The minimum absolute atomic E-state index is 0.240. The van der Waals surface area contributed by atoms with Gasteiger partial charge in [0.2, 0.25) is 17.7 Å². The topological polar surface area (TPSA) is 95.6 Å². The summed E-state index contributed by atoms with van der Waals surface area (Å²) >= 11 is 5.69. The summed E-state index contributed by atoms with van der Waals surface area (Å²) in [6, 6.07) is 6.22. The SMILES string of the molecule is C[C@H](C(=O)NC(C)(C)C)N(C(=O)C[S@](=O)CC(=O)Nc1ccc(F)cc1)c1ccc(Cl)c(C(F)(F)F)c1. The monoisotopic (exact) mass is 563 g/mol. The number of benzene rings is 2. The van der Waals surface area contributed by atoms with E-state index >= 15 is 0 Å². The van der Waals surface area contributed by atoms with E-state index in [0.717, 1.165) is 29.2 Å². The summed E-state index contributed by atoms with van der Waals surface area (Å²) in [6.45, 7) is 6.36. The van der Waals surface area contributed by atoms with E-state index < -0.39 is 74.2 Å². The molecule has 0 radical (unpaired) electrons. The van der Waals surface area contributed by atoms with Crippen molar-refractivity contribution < 1.29 is 36.2 Å². The second-order valence-electron chi connectivity index (χ2n) is 9.12. The number of carbonyl (C=O) groups excluding carboxylic acids is 3. The Labute approximate surface area is 219 Å². The van der Waals surface area contributed by atoms with Gasteiger partial charge in [0.15, 0.2) is 0 Å². The number of hydrogen-bond acceptors (Lipinski definition) is 4. The van der Waals surface area contributed by atoms with Gasteiger partial charge in [-0.25, -0.2) is 4.39 Å². The molecule has 3 amide bonds. The van der Waals surface area contributed by atoms with Crippen LogP contribution in [0.4, 0.5) is 28.9 Å². The lowest BCUT2D eigenvalue weighted by atomic mass is 10.1. The minimum atomic E-state index is -4.83. The second-order valence-corrected chi connectivity index (χ2v) is 11.0. The van der Waals surface area contributed by atoms with Crippen LogP contribution in [-0.4, -0.2) is 45.0 Å². The number of nitrogens with one attached hydrogen (secondary N) is 2. The number of carbonyl (C=O) groups is 3. The van der Waals surface area contributed by atoms with Crippen molar-refractivity contribution in [1.82, 2.24) is 5.32 Å². The van der Waals surface area contributed by atoms with E-state index in [2.05, 4.69) is 10.6 Å². The molecule has 37 heavy (non-hydrogen) atoms. The summed E-state index contributed by atoms with van der Waals surface area (Å²) in [5.41, 5.74) is -1.97. The van der Waals surface area contributed by atoms with E-state index in [9.17, 15) is 36.2 Å². The first-order valence-corrected chi connectivity index (χ1v) is 12.8. The van der Waals surface area contributed by atoms with Crippen molar-refractivity contribution in [2.45, 2.75) is 45.5 Å². The summed E-state index contributed by atoms with van der Waals surface area (Å²) in [6.07, 6.45) is -4.83. The van der Waals surface area contributed by atoms with Crippen molar-refractivity contribution in [1.29, 1.82) is 0 Å². The second kappa shape index (κ2) is 12.0. The zero-order valence-corrected chi connectivity index (χ0v) is 22.0. The van der Waals surface area contributed by atoms with Crippen molar-refractivity contribution in [3.63, 3.8) is 0 Å². The number of hydrogen-bond donors (Lipinski definition) is 2. The zero-order valence-electron chi connectivity index (χ0n) is 20.4. The van der Waals surface area contributed by atoms with Gasteiger partial charge < -0.3 is 10.6 Å². The van der Waals surface area contributed by atoms with Gasteiger partial charge in [0.25, 0.3) is 0 Å². The van der Waals surface area contributed by atoms with Crippen molar-refractivity contribution in [2.75, 3.05) is 21.7 Å². The molecule has 0 saturated heterocycles. The Hall–Kier alpha value is -2.99. The van der Waals surface area contributed by atoms with E-state index in [1.165, 1.54) is 19.1 Å². The summed E-state index contributed by atoms with van der Waals surface area (Å²) in [5, 5.41) is 4.45. The molecule has 0 aromatic heterocycles. The first-order valence-electron chi connectivity index (χ1n) is 10.9. The highest BCUT2D eigenvalue weighted by molar-refractivity contribution is 7.86. The van der Waals surface area contributed by atoms with Gasteiger partial charge in [-0.15, -0.1) is 0 Å². The zero-order chi connectivity index (χ0) is 28.1. The Morgan fingerprint density at radius 1 is 1.03 bits per heavy atom. The number of rotatable bonds is 8. The predicted octanol–water partition coefficient (Wildman–Crippen LogP) is 4.52. The summed E-state index contributed by atoms with van der Waals surface area (Å²) in [4.78, 5) is 38.9. The number of alkyl halides is 3. The lowest BCUT2D eigenvalue weighted by Gasteiger charge is -2.31. The molecule has 13 heteroatoms. The van der Waals surface area contributed by atoms with Gasteiger partial charge in [0.1, 0.15) is 23.4 Å². The Morgan fingerprint density at radius 3 is 2.16 bits per heavy atom. The standard InChI is InChI=1S/C24H26ClF4N3O4S/c1-14(22(35)31-23(2,3)4)32(17-9-10-19(25)18(11-17)24(27,28)29)21(34)13-37(36)12-20(33)30-16-7-5-15(26)6-8-16/h5-11,14H,12-13H2,1-4H3,(H,30,33)(H,31,35)/t14-,37-/m1/s1. The van der Waals surface area contributed by atoms with Crippen LogP contribution in [0.2, 0.25) is 5.02 Å². The fourth-order valence-electron chi connectivity index (χ4n) is 3.19. The lowest BCUT2D eigenvalue weighted by molar-refractivity contribution is -0.137. The maximum atomic E-state index is 13.4. The molecule has 2 rings (SSSR count). The van der Waals surface area contributed by atoms with Crippen LogP contribution < -0.4 is 15.5 Å². The Morgan fingerprint density at radius 2 is 1.62 bits per heavy atom. The molecule has 202 valence electrons. The normalized spacial score (nSPS) is 13.4.